The normalized spacial score (nSPS) is 11.6. The fraction of sp³-hybridized carbons (Fsp3) is 1.00. The zero-order valence-electron chi connectivity index (χ0n) is 40.8. The highest BCUT2D eigenvalue weighted by molar-refractivity contribution is 4.52. The molecule has 4 heteroatoms. The maximum atomic E-state index is 2.46. The predicted molar refractivity (Wildman–Crippen MR) is 251 cm³/mol. The lowest BCUT2D eigenvalue weighted by molar-refractivity contribution is -0.890. The van der Waals surface area contributed by atoms with Crippen molar-refractivity contribution in [2.24, 2.45) is 0 Å². The number of hydrogen-bond donors (Lipinski definition) is 0. The molecule has 0 aromatic heterocycles. The van der Waals surface area contributed by atoms with Gasteiger partial charge >= 0.3 is 0 Å². The topological polar surface area (TPSA) is 0 Å². The molecule has 0 aliphatic carbocycles. The van der Waals surface area contributed by atoms with Crippen molar-refractivity contribution in [3.05, 3.63) is 0 Å². The zero-order valence-corrected chi connectivity index (χ0v) is 42.3. The third kappa shape index (κ3) is 56.6. The minimum atomic E-state index is 0. The molecule has 0 bridgehead atoms. The van der Waals surface area contributed by atoms with Gasteiger partial charge in [0.2, 0.25) is 0 Å². The molecule has 0 N–H and O–H groups in total. The van der Waals surface area contributed by atoms with E-state index in [1.54, 1.807) is 0 Å². The van der Waals surface area contributed by atoms with Gasteiger partial charge in [0.1, 0.15) is 0 Å². The number of quaternary nitrogens is 2. The van der Waals surface area contributed by atoms with Crippen molar-refractivity contribution in [1.29, 1.82) is 0 Å². The Morgan fingerprint density at radius 2 is 0.286 bits per heavy atom. The number of rotatable bonds is 44. The van der Waals surface area contributed by atoms with E-state index in [4.69, 9.17) is 0 Å². The van der Waals surface area contributed by atoms with Crippen LogP contribution in [0.1, 0.15) is 285 Å². The van der Waals surface area contributed by atoms with Gasteiger partial charge in [0.15, 0.2) is 0 Å². The molecule has 0 aliphatic heterocycles. The van der Waals surface area contributed by atoms with Gasteiger partial charge in [0.25, 0.3) is 0 Å². The highest BCUT2D eigenvalue weighted by Gasteiger charge is 2.14. The highest BCUT2D eigenvalue weighted by Crippen LogP contribution is 2.16. The van der Waals surface area contributed by atoms with Gasteiger partial charge in [-0.3, -0.25) is 0 Å². The van der Waals surface area contributed by atoms with Gasteiger partial charge in [0, 0.05) is 0 Å². The second-order valence-corrected chi connectivity index (χ2v) is 19.5. The van der Waals surface area contributed by atoms with Crippen LogP contribution < -0.4 is 24.8 Å². The van der Waals surface area contributed by atoms with Gasteiger partial charge in [-0.1, -0.05) is 233 Å². The summed E-state index contributed by atoms with van der Waals surface area (Å²) in [5, 5.41) is 0. The van der Waals surface area contributed by atoms with Gasteiger partial charge in [-0.25, -0.2) is 0 Å². The van der Waals surface area contributed by atoms with Crippen molar-refractivity contribution in [3.63, 3.8) is 0 Å². The fourth-order valence-corrected chi connectivity index (χ4v) is 8.33. The molecule has 0 aromatic rings. The SMILES string of the molecule is CCCCCCCCCCCCCCCC[N+](C)(C)CCCCCCCCCCCCCCCC.CCCCCCCC[N+](C)(C)CCCCCCCC.[Cl-].[Cl-]. The monoisotopic (exact) mass is 835 g/mol. The number of hydrogen-bond acceptors (Lipinski definition) is 0. The Hall–Kier alpha value is 0.500. The number of halogens is 2. The molecule has 0 spiro atoms. The lowest BCUT2D eigenvalue weighted by atomic mass is 10.0. The van der Waals surface area contributed by atoms with Crippen molar-refractivity contribution < 1.29 is 33.8 Å². The molecule has 0 amide bonds. The maximum Gasteiger partial charge on any atom is 0.0782 e. The summed E-state index contributed by atoms with van der Waals surface area (Å²) < 4.78 is 2.48. The smallest absolute Gasteiger partial charge is 0.0782 e. The first-order valence-corrected chi connectivity index (χ1v) is 25.9. The van der Waals surface area contributed by atoms with Crippen LogP contribution in [0.2, 0.25) is 0 Å². The van der Waals surface area contributed by atoms with Gasteiger partial charge in [-0.2, -0.15) is 0 Å². The van der Waals surface area contributed by atoms with E-state index in [0.29, 0.717) is 0 Å². The Bertz CT molecular complexity index is 615. The summed E-state index contributed by atoms with van der Waals surface area (Å²) in [4.78, 5) is 0. The molecule has 0 fully saturated rings. The minimum absolute atomic E-state index is 0. The van der Waals surface area contributed by atoms with E-state index in [9.17, 15) is 0 Å². The summed E-state index contributed by atoms with van der Waals surface area (Å²) in [5.74, 6) is 0. The summed E-state index contributed by atoms with van der Waals surface area (Å²) in [7, 11) is 9.76. The van der Waals surface area contributed by atoms with Crippen LogP contribution in [-0.4, -0.2) is 63.3 Å². The van der Waals surface area contributed by atoms with E-state index >= 15 is 0 Å². The Morgan fingerprint density at radius 1 is 0.179 bits per heavy atom. The molecule has 0 radical (unpaired) electrons. The summed E-state index contributed by atoms with van der Waals surface area (Å²) >= 11 is 0. The van der Waals surface area contributed by atoms with Crippen LogP contribution in [0.5, 0.6) is 0 Å². The van der Waals surface area contributed by atoms with Crippen LogP contribution in [0, 0.1) is 0 Å². The molecule has 2 nitrogen and oxygen atoms in total. The van der Waals surface area contributed by atoms with E-state index in [0.717, 1.165) is 0 Å². The van der Waals surface area contributed by atoms with Crippen LogP contribution in [0.15, 0.2) is 0 Å². The van der Waals surface area contributed by atoms with Crippen molar-refractivity contribution >= 4 is 0 Å². The summed E-state index contributed by atoms with van der Waals surface area (Å²) in [6.45, 7) is 14.7. The van der Waals surface area contributed by atoms with Crippen molar-refractivity contribution in [2.45, 2.75) is 285 Å². The summed E-state index contributed by atoms with van der Waals surface area (Å²) in [6, 6.07) is 0. The first kappa shape index (κ1) is 63.1. The lowest BCUT2D eigenvalue weighted by Crippen LogP contribution is -3.00. The second-order valence-electron chi connectivity index (χ2n) is 19.5. The highest BCUT2D eigenvalue weighted by atomic mass is 35.5. The van der Waals surface area contributed by atoms with Gasteiger partial charge in [-0.05, 0) is 51.4 Å². The third-order valence-corrected chi connectivity index (χ3v) is 12.5. The molecule has 56 heavy (non-hydrogen) atoms. The fourth-order valence-electron chi connectivity index (χ4n) is 8.33. The van der Waals surface area contributed by atoms with Gasteiger partial charge in [-0.15, -0.1) is 0 Å². The van der Waals surface area contributed by atoms with E-state index in [1.165, 1.54) is 292 Å². The third-order valence-electron chi connectivity index (χ3n) is 12.5. The number of unbranched alkanes of at least 4 members (excludes halogenated alkanes) is 36. The average Bonchev–Trinajstić information content (AvgIpc) is 3.15. The summed E-state index contributed by atoms with van der Waals surface area (Å²) in [6.07, 6.45) is 58.0. The molecular weight excluding hydrogens is 723 g/mol. The van der Waals surface area contributed by atoms with Crippen LogP contribution >= 0.6 is 0 Å². The van der Waals surface area contributed by atoms with Crippen LogP contribution in [0.25, 0.3) is 0 Å². The van der Waals surface area contributed by atoms with E-state index in [1.807, 2.05) is 0 Å². The molecule has 0 rings (SSSR count). The Balaban J connectivity index is -0.000000547. The van der Waals surface area contributed by atoms with Gasteiger partial charge in [0.05, 0.1) is 54.4 Å². The van der Waals surface area contributed by atoms with Crippen molar-refractivity contribution in [1.82, 2.24) is 0 Å². The van der Waals surface area contributed by atoms with Gasteiger partial charge < -0.3 is 33.8 Å². The molecule has 0 saturated carbocycles. The van der Waals surface area contributed by atoms with Crippen molar-refractivity contribution in [2.75, 3.05) is 54.4 Å². The second kappa shape index (κ2) is 51.6. The first-order chi connectivity index (χ1) is 26.2. The van der Waals surface area contributed by atoms with Crippen LogP contribution in [-0.2, 0) is 0 Å². The van der Waals surface area contributed by atoms with Crippen LogP contribution in [0.4, 0.5) is 0 Å². The minimum Gasteiger partial charge on any atom is -1.00 e. The van der Waals surface area contributed by atoms with Crippen LogP contribution in [0.3, 0.4) is 0 Å². The summed E-state index contributed by atoms with van der Waals surface area (Å²) in [5.41, 5.74) is 0. The van der Waals surface area contributed by atoms with E-state index in [-0.39, 0.29) is 24.8 Å². The van der Waals surface area contributed by atoms with E-state index < -0.39 is 0 Å². The largest absolute Gasteiger partial charge is 1.00 e. The molecule has 0 aliphatic rings. The zero-order chi connectivity index (χ0) is 40.1. The van der Waals surface area contributed by atoms with Crippen molar-refractivity contribution in [3.8, 4) is 0 Å². The molecule has 0 aromatic carbocycles. The molecule has 344 valence electrons. The maximum absolute atomic E-state index is 2.46. The quantitative estimate of drug-likeness (QED) is 0.0424. The Labute approximate surface area is 371 Å². The first-order valence-electron chi connectivity index (χ1n) is 25.9. The predicted octanol–water partition coefficient (Wildman–Crippen LogP) is 11.8. The molecule has 0 unspecified atom stereocenters. The standard InChI is InChI=1S/C34H72N.C18H40N.2ClH/c1-5-7-9-11-13-15-17-19-21-23-25-27-29-31-33-35(3,4)34-32-30-28-26-24-22-20-18-16-14-12-10-8-6-2;1-5-7-9-11-13-15-17-19(3,4)18-16-14-12-10-8-6-2;;/h5-34H2,1-4H3;5-18H2,1-4H3;2*1H/q2*+1;;/p-2. The Morgan fingerprint density at radius 3 is 0.411 bits per heavy atom. The molecule has 0 atom stereocenters. The number of nitrogens with zero attached hydrogens (tertiary/aromatic N) is 2. The molecule has 0 heterocycles. The lowest BCUT2D eigenvalue weighted by Gasteiger charge is -2.30. The molecule has 0 saturated heterocycles. The molecular formula is C52H112Cl2N2. The van der Waals surface area contributed by atoms with E-state index in [2.05, 4.69) is 55.9 Å². The Kier molecular flexibility index (Phi) is 58.2. The average molecular weight is 836 g/mol.